The zero-order chi connectivity index (χ0) is 11.3. The van der Waals surface area contributed by atoms with Crippen molar-refractivity contribution in [1.29, 1.82) is 0 Å². The fourth-order valence-corrected chi connectivity index (χ4v) is 1.26. The maximum absolute atomic E-state index is 10.8. The van der Waals surface area contributed by atoms with Gasteiger partial charge in [-0.15, -0.1) is 0 Å². The molecule has 0 radical (unpaired) electrons. The molecule has 0 atom stereocenters. The predicted molar refractivity (Wildman–Crippen MR) is 57.5 cm³/mol. The van der Waals surface area contributed by atoms with Crippen LogP contribution in [0.2, 0.25) is 0 Å². The Kier molecular flexibility index (Phi) is 3.92. The highest BCUT2D eigenvalue weighted by molar-refractivity contribution is 5.86. The van der Waals surface area contributed by atoms with Crippen molar-refractivity contribution >= 4 is 5.97 Å². The molecule has 0 heterocycles. The van der Waals surface area contributed by atoms with Crippen molar-refractivity contribution in [2.75, 3.05) is 7.11 Å². The van der Waals surface area contributed by atoms with E-state index in [1.807, 2.05) is 30.3 Å². The molecule has 0 saturated heterocycles. The smallest absolute Gasteiger partial charge is 0.334 e. The Morgan fingerprint density at radius 3 is 2.40 bits per heavy atom. The van der Waals surface area contributed by atoms with E-state index in [1.165, 1.54) is 7.11 Å². The number of allylic oxidation sites excluding steroid dienone is 1. The van der Waals surface area contributed by atoms with E-state index in [1.54, 1.807) is 6.92 Å². The molecule has 3 heteroatoms. The average molecular weight is 206 g/mol. The lowest BCUT2D eigenvalue weighted by Gasteiger charge is -2.08. The molecule has 0 aromatic heterocycles. The summed E-state index contributed by atoms with van der Waals surface area (Å²) in [5.74, 6) is -0.448. The van der Waals surface area contributed by atoms with Crippen LogP contribution in [-0.4, -0.2) is 18.2 Å². The summed E-state index contributed by atoms with van der Waals surface area (Å²) >= 11 is 0. The third-order valence-corrected chi connectivity index (χ3v) is 2.19. The van der Waals surface area contributed by atoms with Crippen molar-refractivity contribution in [1.82, 2.24) is 0 Å². The maximum Gasteiger partial charge on any atom is 0.334 e. The van der Waals surface area contributed by atoms with Crippen LogP contribution in [-0.2, 0) is 16.0 Å². The van der Waals surface area contributed by atoms with Gasteiger partial charge in [-0.3, -0.25) is 0 Å². The van der Waals surface area contributed by atoms with Crippen molar-refractivity contribution in [2.45, 2.75) is 13.3 Å². The second-order valence-corrected chi connectivity index (χ2v) is 3.22. The predicted octanol–water partition coefficient (Wildman–Crippen LogP) is 2.23. The summed E-state index contributed by atoms with van der Waals surface area (Å²) in [7, 11) is 1.49. The molecule has 0 aliphatic heterocycles. The Balaban J connectivity index is 2.88. The second kappa shape index (κ2) is 5.20. The van der Waals surface area contributed by atoms with Gasteiger partial charge in [-0.2, -0.15) is 0 Å². The van der Waals surface area contributed by atoms with Crippen LogP contribution in [0.25, 0.3) is 0 Å². The van der Waals surface area contributed by atoms with Crippen molar-refractivity contribution in [3.8, 4) is 0 Å². The second-order valence-electron chi connectivity index (χ2n) is 3.22. The first-order valence-corrected chi connectivity index (χ1v) is 4.66. The van der Waals surface area contributed by atoms with E-state index in [4.69, 9.17) is 9.84 Å². The molecule has 0 aliphatic rings. The van der Waals surface area contributed by atoms with E-state index in [2.05, 4.69) is 0 Å². The number of hydrogen-bond donors (Lipinski definition) is 1. The van der Waals surface area contributed by atoms with Gasteiger partial charge in [-0.1, -0.05) is 30.3 Å². The van der Waals surface area contributed by atoms with Gasteiger partial charge in [0.15, 0.2) is 0 Å². The van der Waals surface area contributed by atoms with Crippen LogP contribution in [0.3, 0.4) is 0 Å². The van der Waals surface area contributed by atoms with Gasteiger partial charge >= 0.3 is 5.97 Å². The highest BCUT2D eigenvalue weighted by Crippen LogP contribution is 2.12. The van der Waals surface area contributed by atoms with E-state index in [9.17, 15) is 4.79 Å². The lowest BCUT2D eigenvalue weighted by Crippen LogP contribution is -2.05. The van der Waals surface area contributed by atoms with Gasteiger partial charge < -0.3 is 9.84 Å². The first-order valence-electron chi connectivity index (χ1n) is 4.66. The molecule has 0 unspecified atom stereocenters. The molecule has 15 heavy (non-hydrogen) atoms. The summed E-state index contributed by atoms with van der Waals surface area (Å²) < 4.78 is 5.08. The van der Waals surface area contributed by atoms with Gasteiger partial charge in [0.2, 0.25) is 0 Å². The number of aliphatic carboxylic acids is 1. The number of rotatable bonds is 4. The minimum absolute atomic E-state index is 0.251. The molecule has 1 aromatic carbocycles. The van der Waals surface area contributed by atoms with Crippen molar-refractivity contribution in [3.63, 3.8) is 0 Å². The number of hydrogen-bond acceptors (Lipinski definition) is 2. The highest BCUT2D eigenvalue weighted by atomic mass is 16.5. The quantitative estimate of drug-likeness (QED) is 0.607. The summed E-state index contributed by atoms with van der Waals surface area (Å²) in [5, 5.41) is 8.82. The van der Waals surface area contributed by atoms with Gasteiger partial charge in [-0.05, 0) is 12.5 Å². The van der Waals surface area contributed by atoms with Gasteiger partial charge in [0.25, 0.3) is 0 Å². The molecule has 0 aliphatic carbocycles. The monoisotopic (exact) mass is 206 g/mol. The summed E-state index contributed by atoms with van der Waals surface area (Å²) in [6.45, 7) is 1.55. The zero-order valence-electron chi connectivity index (χ0n) is 8.86. The first kappa shape index (κ1) is 11.3. The number of methoxy groups -OCH3 is 1. The Labute approximate surface area is 89.0 Å². The Hall–Kier alpha value is -1.77. The van der Waals surface area contributed by atoms with E-state index in [0.29, 0.717) is 12.2 Å². The minimum atomic E-state index is -0.942. The number of carboxylic acids is 1. The maximum atomic E-state index is 10.8. The molecule has 0 spiro atoms. The van der Waals surface area contributed by atoms with Gasteiger partial charge in [-0.25, -0.2) is 4.79 Å². The summed E-state index contributed by atoms with van der Waals surface area (Å²) in [6.07, 6.45) is 0.509. The number of ether oxygens (including phenoxy) is 1. The molecular weight excluding hydrogens is 192 g/mol. The van der Waals surface area contributed by atoms with Crippen LogP contribution < -0.4 is 0 Å². The lowest BCUT2D eigenvalue weighted by atomic mass is 10.1. The molecular formula is C12H14O3. The molecule has 1 rings (SSSR count). The normalized spacial score (nSPS) is 11.9. The third kappa shape index (κ3) is 3.13. The van der Waals surface area contributed by atoms with E-state index < -0.39 is 5.97 Å². The topological polar surface area (TPSA) is 46.5 Å². The Morgan fingerprint density at radius 2 is 1.93 bits per heavy atom. The summed E-state index contributed by atoms with van der Waals surface area (Å²) in [6, 6.07) is 9.63. The van der Waals surface area contributed by atoms with Crippen molar-refractivity contribution < 1.29 is 14.6 Å². The lowest BCUT2D eigenvalue weighted by molar-refractivity contribution is -0.132. The van der Waals surface area contributed by atoms with Crippen LogP contribution in [0.5, 0.6) is 0 Å². The van der Waals surface area contributed by atoms with Crippen LogP contribution in [0.1, 0.15) is 12.5 Å². The Bertz CT molecular complexity index is 366. The zero-order valence-corrected chi connectivity index (χ0v) is 8.86. The molecule has 0 saturated carbocycles. The molecule has 80 valence electrons. The first-order chi connectivity index (χ1) is 7.15. The third-order valence-electron chi connectivity index (χ3n) is 2.19. The van der Waals surface area contributed by atoms with Crippen LogP contribution >= 0.6 is 0 Å². The largest absolute Gasteiger partial charge is 0.500 e. The minimum Gasteiger partial charge on any atom is -0.500 e. The standard InChI is InChI=1S/C12H14O3/c1-9(12(13)14)11(15-2)8-10-6-4-3-5-7-10/h3-7H,8H2,1-2H3,(H,13,14). The fraction of sp³-hybridized carbons (Fsp3) is 0.250. The number of carbonyl (C=O) groups is 1. The van der Waals surface area contributed by atoms with Gasteiger partial charge in [0.05, 0.1) is 12.7 Å². The van der Waals surface area contributed by atoms with Crippen molar-refractivity contribution in [2.24, 2.45) is 0 Å². The molecule has 0 bridgehead atoms. The van der Waals surface area contributed by atoms with Crippen molar-refractivity contribution in [3.05, 3.63) is 47.2 Å². The molecule has 1 aromatic rings. The van der Waals surface area contributed by atoms with E-state index >= 15 is 0 Å². The number of carboxylic acid groups (broad SMARTS) is 1. The van der Waals surface area contributed by atoms with Crippen LogP contribution in [0.15, 0.2) is 41.7 Å². The average Bonchev–Trinajstić information content (AvgIpc) is 2.26. The van der Waals surface area contributed by atoms with Gasteiger partial charge in [0.1, 0.15) is 5.76 Å². The molecule has 0 fully saturated rings. The highest BCUT2D eigenvalue weighted by Gasteiger charge is 2.10. The fourth-order valence-electron chi connectivity index (χ4n) is 1.26. The van der Waals surface area contributed by atoms with E-state index in [-0.39, 0.29) is 5.57 Å². The molecule has 0 amide bonds. The van der Waals surface area contributed by atoms with E-state index in [0.717, 1.165) is 5.56 Å². The summed E-state index contributed by atoms with van der Waals surface area (Å²) in [4.78, 5) is 10.8. The van der Waals surface area contributed by atoms with Gasteiger partial charge in [0, 0.05) is 6.42 Å². The van der Waals surface area contributed by atoms with Crippen LogP contribution in [0, 0.1) is 0 Å². The molecule has 3 nitrogen and oxygen atoms in total. The SMILES string of the molecule is COC(Cc1ccccc1)=C(C)C(=O)O. The van der Waals surface area contributed by atoms with Crippen LogP contribution in [0.4, 0.5) is 0 Å². The summed E-state index contributed by atoms with van der Waals surface area (Å²) in [5.41, 5.74) is 1.29. The molecule has 1 N–H and O–H groups in total. The Morgan fingerprint density at radius 1 is 1.33 bits per heavy atom. The number of benzene rings is 1.